The van der Waals surface area contributed by atoms with Crippen LogP contribution in [0.4, 0.5) is 19.0 Å². The summed E-state index contributed by atoms with van der Waals surface area (Å²) in [6.07, 6.45) is -0.370. The third kappa shape index (κ3) is 7.55. The lowest BCUT2D eigenvalue weighted by atomic mass is 10.0. The number of anilines is 1. The molecule has 202 valence electrons. The molecule has 0 saturated carbocycles. The molecule has 9 heteroatoms. The maximum atomic E-state index is 12.9. The van der Waals surface area contributed by atoms with E-state index < -0.39 is 11.7 Å². The van der Waals surface area contributed by atoms with Gasteiger partial charge in [-0.3, -0.25) is 4.79 Å². The number of alkyl halides is 3. The first-order valence-corrected chi connectivity index (χ1v) is 12.7. The zero-order valence-electron chi connectivity index (χ0n) is 21.3. The van der Waals surface area contributed by atoms with Crippen molar-refractivity contribution in [3.63, 3.8) is 0 Å². The number of hydrogen-bond donors (Lipinski definition) is 1. The molecule has 1 saturated heterocycles. The van der Waals surface area contributed by atoms with Crippen LogP contribution in [0.3, 0.4) is 0 Å². The van der Waals surface area contributed by atoms with E-state index in [9.17, 15) is 18.0 Å². The number of nitrogens with one attached hydrogen (secondary N) is 1. The van der Waals surface area contributed by atoms with Gasteiger partial charge in [-0.2, -0.15) is 13.2 Å². The van der Waals surface area contributed by atoms with Crippen LogP contribution in [0, 0.1) is 0 Å². The quantitative estimate of drug-likeness (QED) is 0.273. The Kier molecular flexibility index (Phi) is 9.36. The Morgan fingerprint density at radius 3 is 2.21 bits per heavy atom. The van der Waals surface area contributed by atoms with E-state index in [4.69, 9.17) is 9.72 Å². The molecule has 0 amide bonds. The van der Waals surface area contributed by atoms with Crippen LogP contribution < -0.4 is 10.2 Å². The fourth-order valence-corrected chi connectivity index (χ4v) is 4.46. The van der Waals surface area contributed by atoms with Gasteiger partial charge in [0, 0.05) is 45.1 Å². The minimum absolute atomic E-state index is 0.245. The van der Waals surface area contributed by atoms with Crippen molar-refractivity contribution in [1.29, 1.82) is 0 Å². The molecule has 3 aromatic rings. The number of carbonyl (C=O) groups is 1. The molecule has 4 rings (SSSR count). The highest BCUT2D eigenvalue weighted by molar-refractivity contribution is 5.69. The van der Waals surface area contributed by atoms with Crippen LogP contribution in [0.2, 0.25) is 0 Å². The number of hydrogen-bond acceptors (Lipinski definition) is 6. The first-order valence-electron chi connectivity index (χ1n) is 12.7. The minimum Gasteiger partial charge on any atom is -0.469 e. The van der Waals surface area contributed by atoms with E-state index in [0.29, 0.717) is 39.3 Å². The molecule has 38 heavy (non-hydrogen) atoms. The summed E-state index contributed by atoms with van der Waals surface area (Å²) in [7, 11) is 1.38. The third-order valence-electron chi connectivity index (χ3n) is 6.65. The molecule has 0 unspecified atom stereocenters. The van der Waals surface area contributed by atoms with Gasteiger partial charge in [0.1, 0.15) is 5.82 Å². The molecule has 0 radical (unpaired) electrons. The summed E-state index contributed by atoms with van der Waals surface area (Å²) in [5.41, 5.74) is 3.06. The van der Waals surface area contributed by atoms with Gasteiger partial charge in [0.05, 0.1) is 19.1 Å². The maximum absolute atomic E-state index is 12.9. The van der Waals surface area contributed by atoms with E-state index in [1.54, 1.807) is 0 Å². The Labute approximate surface area is 220 Å². The zero-order valence-corrected chi connectivity index (χ0v) is 21.3. The molecule has 1 N–H and O–H groups in total. The first-order chi connectivity index (χ1) is 18.3. The highest BCUT2D eigenvalue weighted by Crippen LogP contribution is 2.31. The van der Waals surface area contributed by atoms with Crippen molar-refractivity contribution in [3.05, 3.63) is 83.6 Å². The topological polar surface area (TPSA) is 63.7 Å². The first kappa shape index (κ1) is 27.6. The average molecular weight is 528 g/mol. The van der Waals surface area contributed by atoms with Crippen molar-refractivity contribution in [2.75, 3.05) is 31.8 Å². The van der Waals surface area contributed by atoms with Crippen LogP contribution in [-0.2, 0) is 33.5 Å². The van der Waals surface area contributed by atoms with Gasteiger partial charge in [-0.15, -0.1) is 0 Å². The lowest BCUT2D eigenvalue weighted by molar-refractivity contribution is -0.140. The Morgan fingerprint density at radius 1 is 1.00 bits per heavy atom. The van der Waals surface area contributed by atoms with Crippen LogP contribution >= 0.6 is 0 Å². The molecular formula is C29H32F3N3O3. The van der Waals surface area contributed by atoms with Crippen LogP contribution in [0.15, 0.2) is 66.9 Å². The number of halogens is 3. The Bertz CT molecular complexity index is 1160. The van der Waals surface area contributed by atoms with E-state index >= 15 is 0 Å². The van der Waals surface area contributed by atoms with E-state index in [0.717, 1.165) is 53.0 Å². The number of nitrogens with zero attached hydrogens (tertiary/aromatic N) is 2. The van der Waals surface area contributed by atoms with Crippen LogP contribution in [-0.4, -0.2) is 43.9 Å². The smallest absolute Gasteiger partial charge is 0.416 e. The van der Waals surface area contributed by atoms with Gasteiger partial charge in [-0.25, -0.2) is 4.98 Å². The van der Waals surface area contributed by atoms with E-state index in [2.05, 4.69) is 15.0 Å². The third-order valence-corrected chi connectivity index (χ3v) is 6.65. The van der Waals surface area contributed by atoms with Gasteiger partial charge >= 0.3 is 12.1 Å². The van der Waals surface area contributed by atoms with Crippen molar-refractivity contribution in [2.24, 2.45) is 0 Å². The largest absolute Gasteiger partial charge is 0.469 e. The molecular weight excluding hydrogens is 495 g/mol. The summed E-state index contributed by atoms with van der Waals surface area (Å²) in [6, 6.07) is 17.5. The highest BCUT2D eigenvalue weighted by atomic mass is 19.4. The predicted octanol–water partition coefficient (Wildman–Crippen LogP) is 5.61. The minimum atomic E-state index is -4.34. The van der Waals surface area contributed by atoms with Crippen molar-refractivity contribution in [3.8, 4) is 11.1 Å². The molecule has 1 fully saturated rings. The molecule has 0 atom stereocenters. The van der Waals surface area contributed by atoms with Gasteiger partial charge < -0.3 is 19.7 Å². The summed E-state index contributed by atoms with van der Waals surface area (Å²) in [4.78, 5) is 18.3. The number of benzene rings is 2. The number of esters is 1. The standard InChI is InChI=1S/C29H32F3N3O3/c1-37-28(36)12-15-33-18-22-4-11-27(34-19-22)35(26-13-16-38-17-14-26)20-21-2-5-23(6-3-21)24-7-9-25(10-8-24)29(30,31)32/h2-11,19,26,33H,12-18,20H2,1H3. The van der Waals surface area contributed by atoms with Crippen molar-refractivity contribution >= 4 is 11.8 Å². The normalized spacial score (nSPS) is 14.3. The second-order valence-corrected chi connectivity index (χ2v) is 9.27. The summed E-state index contributed by atoms with van der Waals surface area (Å²) in [5.74, 6) is 0.632. The number of aromatic nitrogens is 1. The molecule has 1 aliphatic rings. The fraction of sp³-hybridized carbons (Fsp3) is 0.379. The maximum Gasteiger partial charge on any atom is 0.416 e. The van der Waals surface area contributed by atoms with Crippen LogP contribution in [0.25, 0.3) is 11.1 Å². The monoisotopic (exact) mass is 527 g/mol. The van der Waals surface area contributed by atoms with Crippen LogP contribution in [0.1, 0.15) is 36.0 Å². The van der Waals surface area contributed by atoms with E-state index in [1.807, 2.05) is 42.6 Å². The molecule has 0 aliphatic carbocycles. The number of carbonyl (C=O) groups excluding carboxylic acids is 1. The molecule has 6 nitrogen and oxygen atoms in total. The Balaban J connectivity index is 1.43. The summed E-state index contributed by atoms with van der Waals surface area (Å²) in [6.45, 7) is 3.20. The zero-order chi connectivity index (χ0) is 27.0. The summed E-state index contributed by atoms with van der Waals surface area (Å²) < 4.78 is 48.9. The second-order valence-electron chi connectivity index (χ2n) is 9.27. The number of pyridine rings is 1. The van der Waals surface area contributed by atoms with Crippen molar-refractivity contribution in [1.82, 2.24) is 10.3 Å². The number of rotatable bonds is 10. The van der Waals surface area contributed by atoms with E-state index in [-0.39, 0.29) is 12.0 Å². The Morgan fingerprint density at radius 2 is 1.63 bits per heavy atom. The molecule has 0 spiro atoms. The molecule has 2 heterocycles. The highest BCUT2D eigenvalue weighted by Gasteiger charge is 2.30. The van der Waals surface area contributed by atoms with Crippen molar-refractivity contribution < 1.29 is 27.4 Å². The Hall–Kier alpha value is -3.43. The SMILES string of the molecule is COC(=O)CCNCc1ccc(N(Cc2ccc(-c3ccc(C(F)(F)F)cc3)cc2)C2CCOCC2)nc1. The average Bonchev–Trinajstić information content (AvgIpc) is 2.95. The number of ether oxygens (including phenoxy) is 2. The summed E-state index contributed by atoms with van der Waals surface area (Å²) in [5, 5.41) is 3.22. The van der Waals surface area contributed by atoms with E-state index in [1.165, 1.54) is 19.2 Å². The molecule has 1 aromatic heterocycles. The summed E-state index contributed by atoms with van der Waals surface area (Å²) >= 11 is 0. The second kappa shape index (κ2) is 12.9. The van der Waals surface area contributed by atoms with Crippen molar-refractivity contribution in [2.45, 2.75) is 44.6 Å². The van der Waals surface area contributed by atoms with Gasteiger partial charge in [-0.05, 0) is 53.3 Å². The van der Waals surface area contributed by atoms with Gasteiger partial charge in [-0.1, -0.05) is 42.5 Å². The molecule has 2 aromatic carbocycles. The molecule has 1 aliphatic heterocycles. The lowest BCUT2D eigenvalue weighted by Crippen LogP contribution is -2.39. The predicted molar refractivity (Wildman–Crippen MR) is 139 cm³/mol. The van der Waals surface area contributed by atoms with Gasteiger partial charge in [0.25, 0.3) is 0 Å². The number of methoxy groups -OCH3 is 1. The van der Waals surface area contributed by atoms with Crippen LogP contribution in [0.5, 0.6) is 0 Å². The fourth-order valence-electron chi connectivity index (χ4n) is 4.46. The van der Waals surface area contributed by atoms with Gasteiger partial charge in [0.2, 0.25) is 0 Å². The molecule has 0 bridgehead atoms. The van der Waals surface area contributed by atoms with Gasteiger partial charge in [0.15, 0.2) is 0 Å². The lowest BCUT2D eigenvalue weighted by Gasteiger charge is -2.35.